The van der Waals surface area contributed by atoms with E-state index in [2.05, 4.69) is 5.43 Å². The number of nitrogens with zero attached hydrogens (tertiary/aromatic N) is 2. The molecular weight excluding hydrogens is 300 g/mol. The van der Waals surface area contributed by atoms with Crippen molar-refractivity contribution < 1.29 is 18.1 Å². The Bertz CT molecular complexity index is 648. The SMILES string of the molecule is CC1CN(S(=O)(=O)c2ccc([N+](=O)[O-])c(NN)c2)CCO1. The second-order valence-electron chi connectivity index (χ2n) is 4.62. The summed E-state index contributed by atoms with van der Waals surface area (Å²) in [4.78, 5) is 10.1. The van der Waals surface area contributed by atoms with E-state index in [1.165, 1.54) is 10.4 Å². The van der Waals surface area contributed by atoms with E-state index in [1.54, 1.807) is 6.92 Å². The molecule has 1 unspecified atom stereocenters. The summed E-state index contributed by atoms with van der Waals surface area (Å²) < 4.78 is 31.6. The summed E-state index contributed by atoms with van der Waals surface area (Å²) in [5, 5.41) is 10.8. The monoisotopic (exact) mass is 316 g/mol. The van der Waals surface area contributed by atoms with Gasteiger partial charge in [0.2, 0.25) is 10.0 Å². The van der Waals surface area contributed by atoms with Crippen molar-refractivity contribution in [2.45, 2.75) is 17.9 Å². The highest BCUT2D eigenvalue weighted by molar-refractivity contribution is 7.89. The Hall–Kier alpha value is -1.75. The van der Waals surface area contributed by atoms with Gasteiger partial charge in [0.1, 0.15) is 5.69 Å². The minimum absolute atomic E-state index is 0.0462. The van der Waals surface area contributed by atoms with Crippen molar-refractivity contribution >= 4 is 21.4 Å². The molecule has 10 heteroatoms. The van der Waals surface area contributed by atoms with Gasteiger partial charge in [-0.05, 0) is 19.1 Å². The van der Waals surface area contributed by atoms with Gasteiger partial charge < -0.3 is 10.2 Å². The van der Waals surface area contributed by atoms with E-state index in [0.717, 1.165) is 12.1 Å². The molecule has 3 N–H and O–H groups in total. The lowest BCUT2D eigenvalue weighted by atomic mass is 10.3. The van der Waals surface area contributed by atoms with Crippen molar-refractivity contribution in [3.63, 3.8) is 0 Å². The number of ether oxygens (including phenoxy) is 1. The van der Waals surface area contributed by atoms with Gasteiger partial charge in [0.05, 0.1) is 22.5 Å². The number of hydrogen-bond donors (Lipinski definition) is 2. The lowest BCUT2D eigenvalue weighted by Crippen LogP contribution is -2.44. The van der Waals surface area contributed by atoms with Crippen LogP contribution in [0.25, 0.3) is 0 Å². The number of benzene rings is 1. The van der Waals surface area contributed by atoms with Crippen LogP contribution in [0.15, 0.2) is 23.1 Å². The van der Waals surface area contributed by atoms with Crippen molar-refractivity contribution in [1.29, 1.82) is 0 Å². The van der Waals surface area contributed by atoms with E-state index >= 15 is 0 Å². The van der Waals surface area contributed by atoms with Crippen LogP contribution in [-0.2, 0) is 14.8 Å². The number of hydrogen-bond acceptors (Lipinski definition) is 7. The van der Waals surface area contributed by atoms with E-state index in [0.29, 0.717) is 6.61 Å². The maximum Gasteiger partial charge on any atom is 0.293 e. The van der Waals surface area contributed by atoms with Crippen LogP contribution in [0.5, 0.6) is 0 Å². The second-order valence-corrected chi connectivity index (χ2v) is 6.56. The molecule has 116 valence electrons. The van der Waals surface area contributed by atoms with Gasteiger partial charge in [0, 0.05) is 19.2 Å². The fourth-order valence-electron chi connectivity index (χ4n) is 2.10. The number of nitrogens with one attached hydrogen (secondary N) is 1. The first-order chi connectivity index (χ1) is 9.86. The fraction of sp³-hybridized carbons (Fsp3) is 0.455. The predicted molar refractivity (Wildman–Crippen MR) is 75.1 cm³/mol. The van der Waals surface area contributed by atoms with Gasteiger partial charge >= 0.3 is 0 Å². The summed E-state index contributed by atoms with van der Waals surface area (Å²) in [5.74, 6) is 5.22. The van der Waals surface area contributed by atoms with E-state index < -0.39 is 14.9 Å². The Morgan fingerprint density at radius 3 is 2.81 bits per heavy atom. The number of nitro benzene ring substituents is 1. The molecule has 1 aromatic rings. The first kappa shape index (κ1) is 15.6. The largest absolute Gasteiger partial charge is 0.376 e. The van der Waals surface area contributed by atoms with Crippen molar-refractivity contribution in [2.24, 2.45) is 5.84 Å². The molecule has 0 spiro atoms. The molecule has 0 amide bonds. The van der Waals surface area contributed by atoms with Crippen molar-refractivity contribution in [3.05, 3.63) is 28.3 Å². The highest BCUT2D eigenvalue weighted by atomic mass is 32.2. The predicted octanol–water partition coefficient (Wildman–Crippen LogP) is 0.290. The Morgan fingerprint density at radius 2 is 2.24 bits per heavy atom. The summed E-state index contributed by atoms with van der Waals surface area (Å²) in [7, 11) is -3.73. The summed E-state index contributed by atoms with van der Waals surface area (Å²) >= 11 is 0. The Morgan fingerprint density at radius 1 is 1.52 bits per heavy atom. The van der Waals surface area contributed by atoms with Crippen LogP contribution in [0.1, 0.15) is 6.92 Å². The quantitative estimate of drug-likeness (QED) is 0.464. The number of morpholine rings is 1. The molecule has 0 saturated carbocycles. The number of anilines is 1. The van der Waals surface area contributed by atoms with Crippen molar-refractivity contribution in [1.82, 2.24) is 4.31 Å². The molecule has 1 heterocycles. The number of nitro groups is 1. The molecule has 9 nitrogen and oxygen atoms in total. The fourth-order valence-corrected chi connectivity index (χ4v) is 3.63. The smallest absolute Gasteiger partial charge is 0.293 e. The van der Waals surface area contributed by atoms with Crippen molar-refractivity contribution in [3.8, 4) is 0 Å². The zero-order valence-corrected chi connectivity index (χ0v) is 12.2. The summed E-state index contributed by atoms with van der Waals surface area (Å²) in [6, 6.07) is 3.48. The maximum atomic E-state index is 12.5. The molecule has 1 aliphatic heterocycles. The number of sulfonamides is 1. The number of rotatable bonds is 4. The van der Waals surface area contributed by atoms with Gasteiger partial charge in [-0.3, -0.25) is 16.0 Å². The van der Waals surface area contributed by atoms with E-state index in [4.69, 9.17) is 10.6 Å². The number of nitrogens with two attached hydrogens (primary N) is 1. The minimum Gasteiger partial charge on any atom is -0.376 e. The van der Waals surface area contributed by atoms with Crippen LogP contribution < -0.4 is 11.3 Å². The Kier molecular flexibility index (Phi) is 4.42. The Balaban J connectivity index is 2.38. The molecular formula is C11H16N4O5S. The minimum atomic E-state index is -3.73. The third kappa shape index (κ3) is 3.13. The molecule has 0 aromatic heterocycles. The molecule has 21 heavy (non-hydrogen) atoms. The average Bonchev–Trinajstić information content (AvgIpc) is 2.46. The van der Waals surface area contributed by atoms with Gasteiger partial charge in [0.25, 0.3) is 5.69 Å². The number of hydrazine groups is 1. The second kappa shape index (κ2) is 5.93. The first-order valence-electron chi connectivity index (χ1n) is 6.23. The van der Waals surface area contributed by atoms with Gasteiger partial charge in [0.15, 0.2) is 0 Å². The molecule has 1 atom stereocenters. The molecule has 1 aliphatic rings. The molecule has 1 saturated heterocycles. The van der Waals surface area contributed by atoms with Crippen LogP contribution >= 0.6 is 0 Å². The third-order valence-electron chi connectivity index (χ3n) is 3.16. The van der Waals surface area contributed by atoms with Gasteiger partial charge in [-0.25, -0.2) is 8.42 Å². The van der Waals surface area contributed by atoms with E-state index in [1.807, 2.05) is 0 Å². The van der Waals surface area contributed by atoms with E-state index in [-0.39, 0.29) is 35.5 Å². The highest BCUT2D eigenvalue weighted by Gasteiger charge is 2.30. The van der Waals surface area contributed by atoms with Crippen LogP contribution in [0, 0.1) is 10.1 Å². The summed E-state index contributed by atoms with van der Waals surface area (Å²) in [5.41, 5.74) is 1.81. The zero-order chi connectivity index (χ0) is 15.6. The van der Waals surface area contributed by atoms with Gasteiger partial charge in [-0.1, -0.05) is 0 Å². The maximum absolute atomic E-state index is 12.5. The zero-order valence-electron chi connectivity index (χ0n) is 11.4. The molecule has 1 aromatic carbocycles. The lowest BCUT2D eigenvalue weighted by Gasteiger charge is -2.30. The molecule has 0 aliphatic carbocycles. The van der Waals surface area contributed by atoms with Gasteiger partial charge in [-0.15, -0.1) is 0 Å². The topological polar surface area (TPSA) is 128 Å². The van der Waals surface area contributed by atoms with Crippen LogP contribution in [0.3, 0.4) is 0 Å². The Labute approximate surface area is 121 Å². The molecule has 0 bridgehead atoms. The normalized spacial score (nSPS) is 20.2. The summed E-state index contributed by atoms with van der Waals surface area (Å²) in [6.45, 7) is 2.58. The van der Waals surface area contributed by atoms with Gasteiger partial charge in [-0.2, -0.15) is 4.31 Å². The average molecular weight is 316 g/mol. The van der Waals surface area contributed by atoms with Crippen LogP contribution in [0.4, 0.5) is 11.4 Å². The third-order valence-corrected chi connectivity index (χ3v) is 5.02. The molecule has 0 radical (unpaired) electrons. The van der Waals surface area contributed by atoms with E-state index in [9.17, 15) is 18.5 Å². The first-order valence-corrected chi connectivity index (χ1v) is 7.67. The highest BCUT2D eigenvalue weighted by Crippen LogP contribution is 2.28. The summed E-state index contributed by atoms with van der Waals surface area (Å²) in [6.07, 6.45) is -0.196. The van der Waals surface area contributed by atoms with Crippen LogP contribution in [0.2, 0.25) is 0 Å². The van der Waals surface area contributed by atoms with Crippen LogP contribution in [-0.4, -0.2) is 43.4 Å². The molecule has 1 fully saturated rings. The van der Waals surface area contributed by atoms with Crippen molar-refractivity contribution in [2.75, 3.05) is 25.1 Å². The number of nitrogen functional groups attached to an aromatic ring is 1. The molecule has 2 rings (SSSR count). The lowest BCUT2D eigenvalue weighted by molar-refractivity contribution is -0.384. The standard InChI is InChI=1S/C11H16N4O5S/c1-8-7-14(4-5-20-8)21(18,19)9-2-3-11(15(16)17)10(6-9)13-12/h2-3,6,8,13H,4-5,7,12H2,1H3.